The molecule has 13 nitrogen and oxygen atoms in total. The van der Waals surface area contributed by atoms with E-state index in [0.29, 0.717) is 10.9 Å². The lowest BCUT2D eigenvalue weighted by Crippen LogP contribution is -2.66. The van der Waals surface area contributed by atoms with Crippen LogP contribution in [0.25, 0.3) is 10.2 Å². The van der Waals surface area contributed by atoms with Gasteiger partial charge in [-0.1, -0.05) is 35.6 Å². The number of anilines is 1. The van der Waals surface area contributed by atoms with Gasteiger partial charge in [-0.25, -0.2) is 14.8 Å². The Kier molecular flexibility index (Phi) is 8.20. The predicted molar refractivity (Wildman–Crippen MR) is 150 cm³/mol. The largest absolute Gasteiger partial charge is 0.491 e. The summed E-state index contributed by atoms with van der Waals surface area (Å²) in [4.78, 5) is 47.8. The number of thiazole rings is 1. The molecule has 0 unspecified atom stereocenters. The van der Waals surface area contributed by atoms with E-state index in [2.05, 4.69) is 10.3 Å². The van der Waals surface area contributed by atoms with Gasteiger partial charge in [-0.2, -0.15) is 10.3 Å². The van der Waals surface area contributed by atoms with Crippen molar-refractivity contribution in [3.8, 4) is 11.8 Å². The van der Waals surface area contributed by atoms with Crippen LogP contribution in [-0.4, -0.2) is 99.9 Å². The summed E-state index contributed by atoms with van der Waals surface area (Å²) >= 11 is 1.36. The Hall–Kier alpha value is -4.45. The number of amides is 4. The Morgan fingerprint density at radius 2 is 2.07 bits per heavy atom. The number of hydrogen-bond acceptors (Lipinski definition) is 10. The number of benzene rings is 2. The van der Waals surface area contributed by atoms with Gasteiger partial charge in [-0.15, -0.1) is 0 Å². The molecule has 5 rings (SSSR count). The van der Waals surface area contributed by atoms with E-state index < -0.39 is 18.2 Å². The number of carbonyl (C=O) groups is 3. The number of hydrogen-bond donors (Lipinski definition) is 3. The SMILES string of the molecule is CNC(=O)N(CC#N)N1CC(=O)N2[C@@H](Cc3ccc(OCCO)cc3)C(=O)N(Cc3cccc4sc(N)nc34)C[C@@H]21. The summed E-state index contributed by atoms with van der Waals surface area (Å²) < 4.78 is 6.35. The molecule has 0 bridgehead atoms. The number of nitrogen functional groups attached to an aromatic ring is 1. The van der Waals surface area contributed by atoms with E-state index in [-0.39, 0.29) is 57.6 Å². The molecule has 2 fully saturated rings. The number of aliphatic hydroxyl groups excluding tert-OH is 1. The van der Waals surface area contributed by atoms with Gasteiger partial charge < -0.3 is 30.7 Å². The molecule has 2 saturated heterocycles. The van der Waals surface area contributed by atoms with Gasteiger partial charge in [0, 0.05) is 20.0 Å². The van der Waals surface area contributed by atoms with Crippen molar-refractivity contribution >= 4 is 44.5 Å². The lowest BCUT2D eigenvalue weighted by Gasteiger charge is -2.46. The second kappa shape index (κ2) is 12.0. The van der Waals surface area contributed by atoms with Crippen LogP contribution in [0.2, 0.25) is 0 Å². The van der Waals surface area contributed by atoms with Crippen LogP contribution in [0.15, 0.2) is 42.5 Å². The summed E-state index contributed by atoms with van der Waals surface area (Å²) in [6.45, 7) is 0.00477. The monoisotopic (exact) mass is 578 g/mol. The molecule has 214 valence electrons. The van der Waals surface area contributed by atoms with Crippen molar-refractivity contribution in [2.45, 2.75) is 25.2 Å². The van der Waals surface area contributed by atoms with E-state index >= 15 is 0 Å². The third-order valence-corrected chi connectivity index (χ3v) is 7.99. The van der Waals surface area contributed by atoms with Crippen LogP contribution in [0, 0.1) is 11.3 Å². The number of fused-ring (bicyclic) bond motifs is 2. The first-order chi connectivity index (χ1) is 19.8. The molecule has 4 amide bonds. The lowest BCUT2D eigenvalue weighted by atomic mass is 9.99. The number of para-hydroxylation sites is 1. The number of nitrogens with one attached hydrogen (secondary N) is 1. The van der Waals surface area contributed by atoms with Crippen molar-refractivity contribution in [2.75, 3.05) is 45.6 Å². The fourth-order valence-corrected chi connectivity index (χ4v) is 6.11. The minimum absolute atomic E-state index is 0.108. The molecule has 1 aromatic heterocycles. The minimum atomic E-state index is -0.844. The third kappa shape index (κ3) is 5.60. The molecule has 3 heterocycles. The molecule has 2 aliphatic heterocycles. The summed E-state index contributed by atoms with van der Waals surface area (Å²) in [5.74, 6) is 0.0372. The van der Waals surface area contributed by atoms with Gasteiger partial charge in [0.25, 0.3) is 0 Å². The Morgan fingerprint density at radius 3 is 2.78 bits per heavy atom. The van der Waals surface area contributed by atoms with E-state index in [9.17, 15) is 19.6 Å². The van der Waals surface area contributed by atoms with Gasteiger partial charge in [-0.3, -0.25) is 9.59 Å². The number of nitrogens with two attached hydrogens (primary N) is 1. The van der Waals surface area contributed by atoms with Gasteiger partial charge in [0.05, 0.1) is 36.0 Å². The van der Waals surface area contributed by atoms with Crippen LogP contribution in [0.3, 0.4) is 0 Å². The highest BCUT2D eigenvalue weighted by Gasteiger charge is 2.52. The molecule has 4 N–H and O–H groups in total. The first-order valence-corrected chi connectivity index (χ1v) is 13.9. The highest BCUT2D eigenvalue weighted by atomic mass is 32.1. The number of aromatic nitrogens is 1. The molecule has 2 atom stereocenters. The molecule has 3 aromatic rings. The zero-order valence-corrected chi connectivity index (χ0v) is 23.2. The second-order valence-electron chi connectivity index (χ2n) is 9.62. The standard InChI is InChI=1S/C27H30N8O5S/c1-30-27(39)33(10-9-28)34-16-23(37)35-20(13-17-5-7-19(8-6-17)40-12-11-36)25(38)32(15-22(34)35)14-18-3-2-4-21-24(18)31-26(29)41-21/h2-8,20,22,36H,10-16H2,1H3,(H2,29,31)(H,30,39)/t20-,22+/m0/s1. The number of hydrazine groups is 1. The normalized spacial score (nSPS) is 18.9. The summed E-state index contributed by atoms with van der Waals surface area (Å²) in [5.41, 5.74) is 8.30. The fraction of sp³-hybridized carbons (Fsp3) is 0.370. The van der Waals surface area contributed by atoms with Crippen molar-refractivity contribution in [1.29, 1.82) is 5.26 Å². The predicted octanol–water partition coefficient (Wildman–Crippen LogP) is 0.753. The van der Waals surface area contributed by atoms with E-state index in [4.69, 9.17) is 15.6 Å². The fourth-order valence-electron chi connectivity index (χ4n) is 5.33. The van der Waals surface area contributed by atoms with Gasteiger partial charge >= 0.3 is 6.03 Å². The van der Waals surface area contributed by atoms with Crippen LogP contribution in [0.5, 0.6) is 5.75 Å². The quantitative estimate of drug-likeness (QED) is 0.310. The van der Waals surface area contributed by atoms with Crippen molar-refractivity contribution in [3.05, 3.63) is 53.6 Å². The number of nitrogens with zero attached hydrogens (tertiary/aromatic N) is 6. The third-order valence-electron chi connectivity index (χ3n) is 7.14. The lowest BCUT2D eigenvalue weighted by molar-refractivity contribution is -0.157. The van der Waals surface area contributed by atoms with Gasteiger partial charge in [0.1, 0.15) is 31.1 Å². The van der Waals surface area contributed by atoms with Crippen molar-refractivity contribution in [3.63, 3.8) is 0 Å². The summed E-state index contributed by atoms with van der Waals surface area (Å²) in [6, 6.07) is 13.5. The summed E-state index contributed by atoms with van der Waals surface area (Å²) in [5, 5.41) is 24.2. The zero-order valence-electron chi connectivity index (χ0n) is 22.4. The maximum absolute atomic E-state index is 14.0. The number of ether oxygens (including phenoxy) is 1. The second-order valence-corrected chi connectivity index (χ2v) is 10.7. The Bertz CT molecular complexity index is 1490. The van der Waals surface area contributed by atoms with E-state index in [1.54, 1.807) is 22.0 Å². The van der Waals surface area contributed by atoms with Crippen LogP contribution in [0.4, 0.5) is 9.93 Å². The molecule has 0 spiro atoms. The minimum Gasteiger partial charge on any atom is -0.491 e. The summed E-state index contributed by atoms with van der Waals surface area (Å²) in [6.07, 6.45) is -0.430. The van der Waals surface area contributed by atoms with Crippen molar-refractivity contribution in [2.24, 2.45) is 0 Å². The first kappa shape index (κ1) is 28.1. The van der Waals surface area contributed by atoms with E-state index in [1.165, 1.54) is 28.3 Å². The van der Waals surface area contributed by atoms with E-state index in [0.717, 1.165) is 21.3 Å². The number of urea groups is 1. The Balaban J connectivity index is 1.49. The Labute approximate surface area is 240 Å². The van der Waals surface area contributed by atoms with Crippen molar-refractivity contribution in [1.82, 2.24) is 30.1 Å². The first-order valence-electron chi connectivity index (χ1n) is 13.0. The molecular formula is C27H30N8O5S. The molecule has 0 aliphatic carbocycles. The maximum atomic E-state index is 14.0. The average Bonchev–Trinajstić information content (AvgIpc) is 3.52. The van der Waals surface area contributed by atoms with E-state index in [1.807, 2.05) is 36.4 Å². The molecule has 14 heteroatoms. The van der Waals surface area contributed by atoms with Crippen molar-refractivity contribution < 1.29 is 24.2 Å². The van der Waals surface area contributed by atoms with Gasteiger partial charge in [0.15, 0.2) is 5.13 Å². The average molecular weight is 579 g/mol. The van der Waals surface area contributed by atoms with Crippen LogP contribution >= 0.6 is 11.3 Å². The number of rotatable bonds is 9. The highest BCUT2D eigenvalue weighted by Crippen LogP contribution is 2.32. The van der Waals surface area contributed by atoms with Gasteiger partial charge in [-0.05, 0) is 29.3 Å². The zero-order chi connectivity index (χ0) is 29.1. The van der Waals surface area contributed by atoms with Crippen LogP contribution < -0.4 is 15.8 Å². The topological polar surface area (TPSA) is 168 Å². The molecule has 2 aromatic carbocycles. The smallest absolute Gasteiger partial charge is 0.332 e. The van der Waals surface area contributed by atoms with Crippen LogP contribution in [-0.2, 0) is 22.6 Å². The molecule has 0 radical (unpaired) electrons. The Morgan fingerprint density at radius 1 is 1.29 bits per heavy atom. The number of aliphatic hydroxyl groups is 1. The number of piperazine rings is 1. The van der Waals surface area contributed by atoms with Gasteiger partial charge in [0.2, 0.25) is 11.8 Å². The molecular weight excluding hydrogens is 548 g/mol. The molecule has 41 heavy (non-hydrogen) atoms. The van der Waals surface area contributed by atoms with Crippen LogP contribution in [0.1, 0.15) is 11.1 Å². The highest BCUT2D eigenvalue weighted by molar-refractivity contribution is 7.22. The molecule has 2 aliphatic rings. The summed E-state index contributed by atoms with van der Waals surface area (Å²) in [7, 11) is 1.45. The number of carbonyl (C=O) groups excluding carboxylic acids is 3. The molecule has 0 saturated carbocycles. The maximum Gasteiger partial charge on any atom is 0.332 e. The number of nitriles is 1.